The first-order valence-electron chi connectivity index (χ1n) is 11.7. The van der Waals surface area contributed by atoms with Gasteiger partial charge in [-0.2, -0.15) is 28.2 Å². The lowest BCUT2D eigenvalue weighted by molar-refractivity contribution is -0.137. The Kier molecular flexibility index (Phi) is 6.53. The second kappa shape index (κ2) is 9.77. The highest BCUT2D eigenvalue weighted by Crippen LogP contribution is 2.34. The van der Waals surface area contributed by atoms with Gasteiger partial charge < -0.3 is 14.4 Å². The zero-order valence-corrected chi connectivity index (χ0v) is 20.0. The van der Waals surface area contributed by atoms with Gasteiger partial charge in [-0.05, 0) is 36.6 Å². The van der Waals surface area contributed by atoms with Crippen molar-refractivity contribution in [1.82, 2.24) is 19.7 Å². The number of ether oxygens (including phenoxy) is 2. The fourth-order valence-corrected chi connectivity index (χ4v) is 4.17. The number of anilines is 1. The number of alkyl halides is 3. The average molecular weight is 498 g/mol. The van der Waals surface area contributed by atoms with Crippen molar-refractivity contribution in [2.75, 3.05) is 25.1 Å². The maximum absolute atomic E-state index is 13.1. The topological polar surface area (TPSA) is 65.3 Å². The quantitative estimate of drug-likeness (QED) is 0.325. The van der Waals surface area contributed by atoms with Gasteiger partial charge in [0.15, 0.2) is 5.65 Å². The van der Waals surface area contributed by atoms with E-state index < -0.39 is 11.7 Å². The van der Waals surface area contributed by atoms with Crippen LogP contribution < -0.4 is 9.64 Å². The molecule has 0 N–H and O–H groups in total. The van der Waals surface area contributed by atoms with Crippen LogP contribution in [0.5, 0.6) is 5.88 Å². The Morgan fingerprint density at radius 2 is 1.69 bits per heavy atom. The van der Waals surface area contributed by atoms with Crippen LogP contribution in [0.4, 0.5) is 19.1 Å². The molecule has 1 saturated heterocycles. The molecule has 1 atom stereocenters. The fraction of sp³-hybridized carbons (Fsp3) is 0.346. The second-order valence-corrected chi connectivity index (χ2v) is 8.74. The molecule has 4 aromatic rings. The van der Waals surface area contributed by atoms with E-state index in [0.717, 1.165) is 37.2 Å². The first-order valence-corrected chi connectivity index (χ1v) is 11.7. The van der Waals surface area contributed by atoms with Crippen LogP contribution in [-0.4, -0.2) is 39.9 Å². The molecule has 0 amide bonds. The Balaban J connectivity index is 1.53. The van der Waals surface area contributed by atoms with Crippen molar-refractivity contribution < 1.29 is 22.6 Å². The van der Waals surface area contributed by atoms with Crippen LogP contribution in [0.25, 0.3) is 11.0 Å². The van der Waals surface area contributed by atoms with Crippen molar-refractivity contribution in [3.8, 4) is 5.88 Å². The smallest absolute Gasteiger partial charge is 0.416 e. The molecule has 0 spiro atoms. The molecule has 0 bridgehead atoms. The molecule has 1 aliphatic rings. The number of rotatable bonds is 8. The molecule has 2 aromatic heterocycles. The third-order valence-corrected chi connectivity index (χ3v) is 6.35. The summed E-state index contributed by atoms with van der Waals surface area (Å²) in [6.07, 6.45) is -3.33. The molecule has 2 aromatic carbocycles. The molecule has 0 saturated carbocycles. The summed E-state index contributed by atoms with van der Waals surface area (Å²) in [6, 6.07) is 14.5. The standard InChI is InChI=1S/C26H26F3N5O2/c1-17(19-9-11-20(12-10-19)26(27,28)29)34-23-22(24(35-2)31-25(30-23)33-13-6-14-33)21(32-34)16-36-15-18-7-4-3-5-8-18/h3-5,7-12,17H,6,13-16H2,1-2H3. The zero-order chi connectivity index (χ0) is 25.3. The molecule has 5 rings (SSSR count). The largest absolute Gasteiger partial charge is 0.480 e. The van der Waals surface area contributed by atoms with E-state index in [1.807, 2.05) is 42.2 Å². The monoisotopic (exact) mass is 497 g/mol. The molecule has 7 nitrogen and oxygen atoms in total. The lowest BCUT2D eigenvalue weighted by Gasteiger charge is -2.31. The summed E-state index contributed by atoms with van der Waals surface area (Å²) in [4.78, 5) is 11.5. The van der Waals surface area contributed by atoms with Crippen LogP contribution in [-0.2, 0) is 24.1 Å². The lowest BCUT2D eigenvalue weighted by atomic mass is 10.1. The van der Waals surface area contributed by atoms with Crippen LogP contribution in [0.2, 0.25) is 0 Å². The third-order valence-electron chi connectivity index (χ3n) is 6.35. The van der Waals surface area contributed by atoms with Gasteiger partial charge in [0.1, 0.15) is 11.1 Å². The zero-order valence-electron chi connectivity index (χ0n) is 20.0. The molecule has 1 fully saturated rings. The Hall–Kier alpha value is -3.66. The molecule has 36 heavy (non-hydrogen) atoms. The molecule has 0 radical (unpaired) electrons. The van der Waals surface area contributed by atoms with E-state index >= 15 is 0 Å². The molecular formula is C26H26F3N5O2. The number of halogens is 3. The predicted molar refractivity (Wildman–Crippen MR) is 129 cm³/mol. The van der Waals surface area contributed by atoms with Gasteiger partial charge in [-0.25, -0.2) is 4.68 Å². The predicted octanol–water partition coefficient (Wildman–Crippen LogP) is 5.39. The van der Waals surface area contributed by atoms with Gasteiger partial charge >= 0.3 is 6.18 Å². The van der Waals surface area contributed by atoms with Crippen LogP contribution in [0.3, 0.4) is 0 Å². The van der Waals surface area contributed by atoms with E-state index in [1.165, 1.54) is 12.1 Å². The van der Waals surface area contributed by atoms with Gasteiger partial charge in [-0.15, -0.1) is 0 Å². The summed E-state index contributed by atoms with van der Waals surface area (Å²) in [6.45, 7) is 4.18. The van der Waals surface area contributed by atoms with Crippen molar-refractivity contribution in [2.24, 2.45) is 0 Å². The van der Waals surface area contributed by atoms with Crippen LogP contribution >= 0.6 is 0 Å². The van der Waals surface area contributed by atoms with Gasteiger partial charge in [0.2, 0.25) is 11.8 Å². The number of hydrogen-bond acceptors (Lipinski definition) is 6. The summed E-state index contributed by atoms with van der Waals surface area (Å²) in [7, 11) is 1.55. The number of nitrogens with zero attached hydrogens (tertiary/aromatic N) is 5. The highest BCUT2D eigenvalue weighted by molar-refractivity contribution is 5.85. The second-order valence-electron chi connectivity index (χ2n) is 8.74. The highest BCUT2D eigenvalue weighted by atomic mass is 19.4. The minimum absolute atomic E-state index is 0.195. The SMILES string of the molecule is COc1nc(N2CCC2)nc2c1c(COCc1ccccc1)nn2C(C)c1ccc(C(F)(F)F)cc1. The van der Waals surface area contributed by atoms with Crippen molar-refractivity contribution in [2.45, 2.75) is 38.8 Å². The van der Waals surface area contributed by atoms with Crippen molar-refractivity contribution in [3.05, 3.63) is 77.0 Å². The van der Waals surface area contributed by atoms with E-state index in [9.17, 15) is 13.2 Å². The maximum Gasteiger partial charge on any atom is 0.416 e. The fourth-order valence-electron chi connectivity index (χ4n) is 4.17. The number of hydrogen-bond donors (Lipinski definition) is 0. The maximum atomic E-state index is 13.1. The summed E-state index contributed by atoms with van der Waals surface area (Å²) in [5.41, 5.74) is 2.17. The van der Waals surface area contributed by atoms with Crippen LogP contribution in [0, 0.1) is 0 Å². The first-order chi connectivity index (χ1) is 17.3. The van der Waals surface area contributed by atoms with E-state index in [1.54, 1.807) is 11.8 Å². The number of benzene rings is 2. The summed E-state index contributed by atoms with van der Waals surface area (Å²) in [5, 5.41) is 5.42. The Labute approximate surface area is 206 Å². The van der Waals surface area contributed by atoms with Crippen molar-refractivity contribution in [1.29, 1.82) is 0 Å². The van der Waals surface area contributed by atoms with Crippen LogP contribution in [0.15, 0.2) is 54.6 Å². The normalized spacial score (nSPS) is 14.6. The van der Waals surface area contributed by atoms with Crippen LogP contribution in [0.1, 0.15) is 41.8 Å². The molecule has 1 unspecified atom stereocenters. The molecule has 0 aliphatic carbocycles. The van der Waals surface area contributed by atoms with Gasteiger partial charge in [-0.3, -0.25) is 0 Å². The van der Waals surface area contributed by atoms with Crippen molar-refractivity contribution >= 4 is 17.0 Å². The lowest BCUT2D eigenvalue weighted by Crippen LogP contribution is -2.38. The van der Waals surface area contributed by atoms with E-state index in [0.29, 0.717) is 40.7 Å². The summed E-state index contributed by atoms with van der Waals surface area (Å²) < 4.78 is 52.5. The molecule has 3 heterocycles. The number of methoxy groups -OCH3 is 1. The van der Waals surface area contributed by atoms with E-state index in [-0.39, 0.29) is 12.6 Å². The average Bonchev–Trinajstić information content (AvgIpc) is 3.21. The van der Waals surface area contributed by atoms with Crippen molar-refractivity contribution in [3.63, 3.8) is 0 Å². The molecular weight excluding hydrogens is 471 g/mol. The first kappa shape index (κ1) is 24.1. The minimum atomic E-state index is -4.39. The summed E-state index contributed by atoms with van der Waals surface area (Å²) in [5.74, 6) is 0.939. The van der Waals surface area contributed by atoms with Gasteiger partial charge in [0.25, 0.3) is 0 Å². The Morgan fingerprint density at radius 1 is 0.972 bits per heavy atom. The number of fused-ring (bicyclic) bond motifs is 1. The van der Waals surface area contributed by atoms with E-state index in [4.69, 9.17) is 19.6 Å². The van der Waals surface area contributed by atoms with Gasteiger partial charge in [-0.1, -0.05) is 42.5 Å². The highest BCUT2D eigenvalue weighted by Gasteiger charge is 2.31. The number of aromatic nitrogens is 4. The molecule has 10 heteroatoms. The third kappa shape index (κ3) is 4.73. The Morgan fingerprint density at radius 3 is 2.31 bits per heavy atom. The molecule has 188 valence electrons. The molecule has 1 aliphatic heterocycles. The van der Waals surface area contributed by atoms with Gasteiger partial charge in [0.05, 0.1) is 31.9 Å². The van der Waals surface area contributed by atoms with E-state index in [2.05, 4.69) is 4.98 Å². The van der Waals surface area contributed by atoms with Gasteiger partial charge in [0, 0.05) is 13.1 Å². The Bertz CT molecular complexity index is 1340. The minimum Gasteiger partial charge on any atom is -0.480 e. The summed E-state index contributed by atoms with van der Waals surface area (Å²) >= 11 is 0.